The first kappa shape index (κ1) is 27.1. The Hall–Kier alpha value is -3.93. The van der Waals surface area contributed by atoms with Crippen LogP contribution in [0.4, 0.5) is 23.4 Å². The summed E-state index contributed by atoms with van der Waals surface area (Å²) in [7, 11) is 0. The number of amides is 2. The average molecular weight is 535 g/mol. The van der Waals surface area contributed by atoms with E-state index in [9.17, 15) is 22.8 Å². The second kappa shape index (κ2) is 11.2. The van der Waals surface area contributed by atoms with Gasteiger partial charge in [0.1, 0.15) is 5.69 Å². The van der Waals surface area contributed by atoms with Crippen molar-refractivity contribution in [3.05, 3.63) is 59.9 Å². The normalized spacial score (nSPS) is 16.3. The van der Waals surface area contributed by atoms with Gasteiger partial charge in [-0.05, 0) is 37.6 Å². The number of hydrogen-bond acceptors (Lipinski definition) is 5. The molecule has 1 aliphatic rings. The molecule has 202 valence electrons. The minimum Gasteiger partial charge on any atom is -0.491 e. The standard InChI is InChI=1S/C26H26F4N4O4/c1-3-37-21-9-5-8-19(24(21)27)34-20(12-22(33-34)32-25(36)18-11-23(35)31-13-18)17-7-4-6-16(10-17)14-38-15(2)26(28,29)30/h4-10,12,15,18H,3,11,13-14H2,1-2H3,(H,31,35)(H,32,33,36)/t15-,18+/m1/s1. The number of nitrogens with zero attached hydrogens (tertiary/aromatic N) is 2. The number of rotatable bonds is 9. The lowest BCUT2D eigenvalue weighted by molar-refractivity contribution is -0.217. The molecule has 8 nitrogen and oxygen atoms in total. The molecule has 0 unspecified atom stereocenters. The zero-order valence-corrected chi connectivity index (χ0v) is 20.6. The summed E-state index contributed by atoms with van der Waals surface area (Å²) < 4.78 is 65.6. The Labute approximate surface area is 215 Å². The second-order valence-electron chi connectivity index (χ2n) is 8.74. The average Bonchev–Trinajstić information content (AvgIpc) is 3.50. The van der Waals surface area contributed by atoms with Gasteiger partial charge >= 0.3 is 6.18 Å². The van der Waals surface area contributed by atoms with E-state index < -0.39 is 29.9 Å². The molecule has 1 aliphatic heterocycles. The first-order valence-electron chi connectivity index (χ1n) is 11.9. The SMILES string of the molecule is CCOc1cccc(-n2nc(NC(=O)[C@@H]3CNC(=O)C3)cc2-c2cccc(CO[C@H](C)C(F)(F)F)c2)c1F. The van der Waals surface area contributed by atoms with Crippen LogP contribution in [0.3, 0.4) is 0 Å². The summed E-state index contributed by atoms with van der Waals surface area (Å²) in [4.78, 5) is 24.2. The van der Waals surface area contributed by atoms with E-state index in [0.29, 0.717) is 16.8 Å². The number of benzene rings is 2. The van der Waals surface area contributed by atoms with Gasteiger partial charge in [-0.2, -0.15) is 13.2 Å². The number of hydrogen-bond donors (Lipinski definition) is 2. The maximum Gasteiger partial charge on any atom is 0.414 e. The molecule has 12 heteroatoms. The minimum absolute atomic E-state index is 0.0101. The molecule has 1 aromatic heterocycles. The molecule has 2 aromatic carbocycles. The first-order valence-corrected chi connectivity index (χ1v) is 11.9. The fourth-order valence-corrected chi connectivity index (χ4v) is 3.92. The minimum atomic E-state index is -4.49. The van der Waals surface area contributed by atoms with Gasteiger partial charge < -0.3 is 20.1 Å². The lowest BCUT2D eigenvalue weighted by Gasteiger charge is -2.16. The van der Waals surface area contributed by atoms with Crippen molar-refractivity contribution in [2.45, 2.75) is 39.2 Å². The predicted molar refractivity (Wildman–Crippen MR) is 130 cm³/mol. The zero-order valence-electron chi connectivity index (χ0n) is 20.6. The molecule has 0 saturated carbocycles. The van der Waals surface area contributed by atoms with Crippen molar-refractivity contribution >= 4 is 17.6 Å². The number of halogens is 4. The molecule has 38 heavy (non-hydrogen) atoms. The van der Waals surface area contributed by atoms with Gasteiger partial charge in [-0.1, -0.05) is 24.3 Å². The van der Waals surface area contributed by atoms with Crippen LogP contribution in [0.15, 0.2) is 48.5 Å². The summed E-state index contributed by atoms with van der Waals surface area (Å²) in [6.07, 6.45) is -6.40. The Bertz CT molecular complexity index is 1320. The van der Waals surface area contributed by atoms with Crippen LogP contribution in [0.5, 0.6) is 5.75 Å². The Balaban J connectivity index is 1.70. The van der Waals surface area contributed by atoms with Crippen molar-refractivity contribution < 1.29 is 36.6 Å². The highest BCUT2D eigenvalue weighted by atomic mass is 19.4. The van der Waals surface area contributed by atoms with Gasteiger partial charge in [0.15, 0.2) is 23.5 Å². The van der Waals surface area contributed by atoms with Crippen LogP contribution in [0, 0.1) is 11.7 Å². The molecule has 0 spiro atoms. The fourth-order valence-electron chi connectivity index (χ4n) is 3.92. The van der Waals surface area contributed by atoms with E-state index in [1.807, 2.05) is 0 Å². The van der Waals surface area contributed by atoms with Crippen LogP contribution >= 0.6 is 0 Å². The number of ether oxygens (including phenoxy) is 2. The van der Waals surface area contributed by atoms with E-state index in [1.54, 1.807) is 37.3 Å². The summed E-state index contributed by atoms with van der Waals surface area (Å²) in [6.45, 7) is 2.77. The Kier molecular flexibility index (Phi) is 8.00. The van der Waals surface area contributed by atoms with Gasteiger partial charge in [-0.3, -0.25) is 9.59 Å². The molecule has 1 fully saturated rings. The Morgan fingerprint density at radius 2 is 2.00 bits per heavy atom. The van der Waals surface area contributed by atoms with Crippen LogP contribution < -0.4 is 15.4 Å². The third kappa shape index (κ3) is 6.13. The van der Waals surface area contributed by atoms with Crippen molar-refractivity contribution in [3.63, 3.8) is 0 Å². The van der Waals surface area contributed by atoms with Crippen molar-refractivity contribution in [1.82, 2.24) is 15.1 Å². The third-order valence-corrected chi connectivity index (χ3v) is 5.96. The molecule has 3 aromatic rings. The van der Waals surface area contributed by atoms with Gasteiger partial charge in [0.25, 0.3) is 0 Å². The number of carbonyl (C=O) groups is 2. The molecule has 2 N–H and O–H groups in total. The molecular formula is C26H26F4N4O4. The summed E-state index contributed by atoms with van der Waals surface area (Å²) in [6, 6.07) is 12.6. The Morgan fingerprint density at radius 1 is 1.24 bits per heavy atom. The monoisotopic (exact) mass is 534 g/mol. The van der Waals surface area contributed by atoms with Crippen LogP contribution in [0.1, 0.15) is 25.8 Å². The van der Waals surface area contributed by atoms with E-state index in [2.05, 4.69) is 15.7 Å². The van der Waals surface area contributed by atoms with E-state index in [4.69, 9.17) is 9.47 Å². The number of carbonyl (C=O) groups excluding carboxylic acids is 2. The van der Waals surface area contributed by atoms with Crippen molar-refractivity contribution in [2.75, 3.05) is 18.5 Å². The maximum absolute atomic E-state index is 15.4. The summed E-state index contributed by atoms with van der Waals surface area (Å²) in [5, 5.41) is 9.65. The molecular weight excluding hydrogens is 508 g/mol. The number of aromatic nitrogens is 2. The van der Waals surface area contributed by atoms with Crippen LogP contribution in [-0.4, -0.2) is 47.0 Å². The predicted octanol–water partition coefficient (Wildman–Crippen LogP) is 4.62. The Morgan fingerprint density at radius 3 is 2.68 bits per heavy atom. The van der Waals surface area contributed by atoms with Gasteiger partial charge in [-0.25, -0.2) is 9.07 Å². The number of alkyl halides is 3. The molecule has 4 rings (SSSR count). The van der Waals surface area contributed by atoms with Gasteiger partial charge in [0.2, 0.25) is 11.8 Å². The second-order valence-corrected chi connectivity index (χ2v) is 8.74. The van der Waals surface area contributed by atoms with Crippen LogP contribution in [0.2, 0.25) is 0 Å². The van der Waals surface area contributed by atoms with E-state index >= 15 is 4.39 Å². The highest BCUT2D eigenvalue weighted by Crippen LogP contribution is 2.31. The van der Waals surface area contributed by atoms with Gasteiger partial charge in [0, 0.05) is 24.6 Å². The molecule has 0 aliphatic carbocycles. The van der Waals surface area contributed by atoms with Crippen LogP contribution in [-0.2, 0) is 20.9 Å². The molecule has 0 bridgehead atoms. The molecule has 2 atom stereocenters. The van der Waals surface area contributed by atoms with Gasteiger partial charge in [0.05, 0.1) is 24.8 Å². The fraction of sp³-hybridized carbons (Fsp3) is 0.346. The highest BCUT2D eigenvalue weighted by Gasteiger charge is 2.37. The van der Waals surface area contributed by atoms with E-state index in [-0.39, 0.29) is 49.3 Å². The van der Waals surface area contributed by atoms with Gasteiger partial charge in [-0.15, -0.1) is 5.10 Å². The van der Waals surface area contributed by atoms with Crippen molar-refractivity contribution in [2.24, 2.45) is 5.92 Å². The van der Waals surface area contributed by atoms with Crippen molar-refractivity contribution in [3.8, 4) is 22.7 Å². The molecule has 1 saturated heterocycles. The molecule has 0 radical (unpaired) electrons. The summed E-state index contributed by atoms with van der Waals surface area (Å²) in [5.41, 5.74) is 1.35. The largest absolute Gasteiger partial charge is 0.491 e. The summed E-state index contributed by atoms with van der Waals surface area (Å²) >= 11 is 0. The lowest BCUT2D eigenvalue weighted by atomic mass is 10.1. The quantitative estimate of drug-likeness (QED) is 0.391. The third-order valence-electron chi connectivity index (χ3n) is 5.96. The van der Waals surface area contributed by atoms with E-state index in [0.717, 1.165) is 6.92 Å². The summed E-state index contributed by atoms with van der Waals surface area (Å²) in [5.74, 6) is -1.80. The van der Waals surface area contributed by atoms with Crippen LogP contribution in [0.25, 0.3) is 16.9 Å². The molecule has 2 amide bonds. The first-order chi connectivity index (χ1) is 18.1. The molecule has 2 heterocycles. The van der Waals surface area contributed by atoms with E-state index in [1.165, 1.54) is 22.9 Å². The topological polar surface area (TPSA) is 94.5 Å². The lowest BCUT2D eigenvalue weighted by Crippen LogP contribution is -2.28. The zero-order chi connectivity index (χ0) is 27.4. The maximum atomic E-state index is 15.4. The highest BCUT2D eigenvalue weighted by molar-refractivity contribution is 5.97. The smallest absolute Gasteiger partial charge is 0.414 e. The van der Waals surface area contributed by atoms with Crippen molar-refractivity contribution in [1.29, 1.82) is 0 Å². The number of anilines is 1. The number of nitrogens with one attached hydrogen (secondary N) is 2.